The van der Waals surface area contributed by atoms with Crippen molar-refractivity contribution in [2.75, 3.05) is 19.7 Å². The average Bonchev–Trinajstić information content (AvgIpc) is 2.43. The molecule has 6 nitrogen and oxygen atoms in total. The van der Waals surface area contributed by atoms with Gasteiger partial charge in [-0.1, -0.05) is 30.3 Å². The van der Waals surface area contributed by atoms with Crippen molar-refractivity contribution < 1.29 is 37.3 Å². The molecule has 1 aliphatic heterocycles. The first-order valence-corrected chi connectivity index (χ1v) is 6.62. The maximum Gasteiger partial charge on any atom is 0.420 e. The van der Waals surface area contributed by atoms with Crippen LogP contribution in [0.4, 0.5) is 18.0 Å². The normalized spacial score (nSPS) is 16.6. The second-order valence-corrected chi connectivity index (χ2v) is 5.07. The van der Waals surface area contributed by atoms with Crippen LogP contribution in [0, 0.1) is 0 Å². The molecule has 1 amide bonds. The maximum atomic E-state index is 13.0. The van der Waals surface area contributed by atoms with E-state index in [-0.39, 0.29) is 6.61 Å². The molecule has 23 heavy (non-hydrogen) atoms. The number of likely N-dealkylation sites (tertiary alicyclic amines) is 1. The number of rotatable bonds is 5. The molecule has 1 fully saturated rings. The van der Waals surface area contributed by atoms with E-state index in [1.165, 1.54) is 0 Å². The number of benzene rings is 1. The summed E-state index contributed by atoms with van der Waals surface area (Å²) in [5.41, 5.74) is -1.96. The Labute approximate surface area is 129 Å². The molecule has 1 N–H and O–H groups in total. The van der Waals surface area contributed by atoms with Gasteiger partial charge in [0.15, 0.2) is 5.60 Å². The maximum absolute atomic E-state index is 13.0. The molecule has 2 rings (SSSR count). The highest BCUT2D eigenvalue weighted by Gasteiger charge is 2.64. The number of alkyl halides is 3. The molecule has 1 aromatic rings. The topological polar surface area (TPSA) is 76.1 Å². The summed E-state index contributed by atoms with van der Waals surface area (Å²) in [7, 11) is 0. The predicted molar refractivity (Wildman–Crippen MR) is 70.6 cm³/mol. The van der Waals surface area contributed by atoms with Gasteiger partial charge >= 0.3 is 18.2 Å². The Bertz CT molecular complexity index is 570. The van der Waals surface area contributed by atoms with E-state index in [0.29, 0.717) is 5.56 Å². The Balaban J connectivity index is 1.89. The van der Waals surface area contributed by atoms with Gasteiger partial charge in [0.2, 0.25) is 0 Å². The van der Waals surface area contributed by atoms with Crippen molar-refractivity contribution in [1.82, 2.24) is 4.90 Å². The van der Waals surface area contributed by atoms with Crippen molar-refractivity contribution in [2.45, 2.75) is 18.4 Å². The second-order valence-electron chi connectivity index (χ2n) is 5.07. The van der Waals surface area contributed by atoms with Gasteiger partial charge in [-0.2, -0.15) is 13.2 Å². The number of hydrogen-bond donors (Lipinski definition) is 1. The molecule has 0 atom stereocenters. The highest BCUT2D eigenvalue weighted by atomic mass is 19.4. The van der Waals surface area contributed by atoms with Crippen LogP contribution in [0.25, 0.3) is 0 Å². The third-order valence-electron chi connectivity index (χ3n) is 3.34. The van der Waals surface area contributed by atoms with Crippen LogP contribution >= 0.6 is 0 Å². The van der Waals surface area contributed by atoms with Gasteiger partial charge in [-0.05, 0) is 5.56 Å². The third kappa shape index (κ3) is 3.92. The Hall–Kier alpha value is -2.29. The summed E-state index contributed by atoms with van der Waals surface area (Å²) >= 11 is 0. The fourth-order valence-corrected chi connectivity index (χ4v) is 2.06. The van der Waals surface area contributed by atoms with Gasteiger partial charge in [0, 0.05) is 0 Å². The fraction of sp³-hybridized carbons (Fsp3) is 0.429. The van der Waals surface area contributed by atoms with Crippen LogP contribution in [0.2, 0.25) is 0 Å². The smallest absolute Gasteiger partial charge is 0.420 e. The third-order valence-corrected chi connectivity index (χ3v) is 3.34. The molecular weight excluding hydrogens is 319 g/mol. The molecule has 0 aliphatic carbocycles. The molecule has 0 aromatic heterocycles. The monoisotopic (exact) mass is 333 g/mol. The van der Waals surface area contributed by atoms with E-state index in [1.807, 2.05) is 0 Å². The predicted octanol–water partition coefficient (Wildman–Crippen LogP) is 2.04. The lowest BCUT2D eigenvalue weighted by Crippen LogP contribution is -2.71. The molecular formula is C14H14F3NO5. The number of carboxylic acid groups (broad SMARTS) is 1. The van der Waals surface area contributed by atoms with Crippen LogP contribution in [-0.4, -0.2) is 53.5 Å². The molecule has 1 aromatic carbocycles. The molecule has 1 saturated heterocycles. The molecule has 0 bridgehead atoms. The molecule has 0 spiro atoms. The molecule has 1 aliphatic rings. The lowest BCUT2D eigenvalue weighted by atomic mass is 9.93. The number of amides is 1. The highest BCUT2D eigenvalue weighted by molar-refractivity contribution is 5.70. The van der Waals surface area contributed by atoms with Gasteiger partial charge in [-0.15, -0.1) is 0 Å². The number of carbonyl (C=O) groups excluding carboxylic acids is 1. The minimum atomic E-state index is -4.78. The summed E-state index contributed by atoms with van der Waals surface area (Å²) in [6, 6.07) is 8.67. The van der Waals surface area contributed by atoms with Crippen LogP contribution in [0.1, 0.15) is 5.56 Å². The van der Waals surface area contributed by atoms with Crippen LogP contribution in [0.15, 0.2) is 30.3 Å². The number of carbonyl (C=O) groups is 2. The zero-order valence-corrected chi connectivity index (χ0v) is 11.9. The summed E-state index contributed by atoms with van der Waals surface area (Å²) in [4.78, 5) is 22.9. The van der Waals surface area contributed by atoms with Crippen LogP contribution in [-0.2, 0) is 20.9 Å². The van der Waals surface area contributed by atoms with Crippen LogP contribution in [0.3, 0.4) is 0 Å². The number of carboxylic acids is 1. The van der Waals surface area contributed by atoms with Crippen molar-refractivity contribution in [3.63, 3.8) is 0 Å². The van der Waals surface area contributed by atoms with Crippen LogP contribution in [0.5, 0.6) is 0 Å². The van der Waals surface area contributed by atoms with Crippen molar-refractivity contribution in [2.24, 2.45) is 0 Å². The molecule has 9 heteroatoms. The summed E-state index contributed by atoms with van der Waals surface area (Å²) in [6.45, 7) is -2.74. The van der Waals surface area contributed by atoms with E-state index >= 15 is 0 Å². The summed E-state index contributed by atoms with van der Waals surface area (Å²) < 4.78 is 48.4. The Morgan fingerprint density at radius 2 is 1.83 bits per heavy atom. The van der Waals surface area contributed by atoms with Crippen molar-refractivity contribution in [3.05, 3.63) is 35.9 Å². The lowest BCUT2D eigenvalue weighted by Gasteiger charge is -2.48. The van der Waals surface area contributed by atoms with Gasteiger partial charge in [0.1, 0.15) is 13.2 Å². The number of hydrogen-bond acceptors (Lipinski definition) is 4. The van der Waals surface area contributed by atoms with E-state index in [9.17, 15) is 22.8 Å². The van der Waals surface area contributed by atoms with Crippen molar-refractivity contribution >= 4 is 12.1 Å². The summed E-state index contributed by atoms with van der Waals surface area (Å²) in [6.07, 6.45) is -5.69. The summed E-state index contributed by atoms with van der Waals surface area (Å²) in [5, 5.41) is 8.45. The fourth-order valence-electron chi connectivity index (χ4n) is 2.06. The largest absolute Gasteiger partial charge is 0.480 e. The Morgan fingerprint density at radius 3 is 2.35 bits per heavy atom. The van der Waals surface area contributed by atoms with E-state index in [4.69, 9.17) is 9.84 Å². The van der Waals surface area contributed by atoms with E-state index in [0.717, 1.165) is 4.90 Å². The average molecular weight is 333 g/mol. The minimum Gasteiger partial charge on any atom is -0.480 e. The standard InChI is InChI=1S/C14H14F3NO5/c15-14(16,17)13(23-7-11(19)20)8-18(9-13)12(21)22-6-10-4-2-1-3-5-10/h1-5H,6-9H2,(H,19,20). The van der Waals surface area contributed by atoms with Gasteiger partial charge in [-0.3, -0.25) is 0 Å². The number of ether oxygens (including phenoxy) is 2. The van der Waals surface area contributed by atoms with Gasteiger partial charge in [0.05, 0.1) is 13.1 Å². The quantitative estimate of drug-likeness (QED) is 0.892. The molecule has 0 saturated carbocycles. The molecule has 0 unspecified atom stereocenters. The van der Waals surface area contributed by atoms with Crippen molar-refractivity contribution in [3.8, 4) is 0 Å². The first-order valence-electron chi connectivity index (χ1n) is 6.62. The Morgan fingerprint density at radius 1 is 1.22 bits per heavy atom. The number of aliphatic carboxylic acids is 1. The van der Waals surface area contributed by atoms with E-state index < -0.39 is 43.5 Å². The molecule has 1 heterocycles. The Kier molecular flexibility index (Phi) is 4.79. The highest BCUT2D eigenvalue weighted by Crippen LogP contribution is 2.41. The number of halogens is 3. The van der Waals surface area contributed by atoms with Gasteiger partial charge < -0.3 is 19.5 Å². The van der Waals surface area contributed by atoms with Crippen molar-refractivity contribution in [1.29, 1.82) is 0 Å². The zero-order chi connectivity index (χ0) is 17.1. The number of nitrogens with zero attached hydrogens (tertiary/aromatic N) is 1. The van der Waals surface area contributed by atoms with Gasteiger partial charge in [-0.25, -0.2) is 9.59 Å². The van der Waals surface area contributed by atoms with Gasteiger partial charge in [0.25, 0.3) is 0 Å². The lowest BCUT2D eigenvalue weighted by molar-refractivity contribution is -0.311. The van der Waals surface area contributed by atoms with Crippen LogP contribution < -0.4 is 0 Å². The summed E-state index contributed by atoms with van der Waals surface area (Å²) in [5.74, 6) is -1.52. The second kappa shape index (κ2) is 6.45. The first kappa shape index (κ1) is 17.1. The minimum absolute atomic E-state index is 0.0643. The molecule has 0 radical (unpaired) electrons. The SMILES string of the molecule is O=C(O)COC1(C(F)(F)F)CN(C(=O)OCc2ccccc2)C1. The van der Waals surface area contributed by atoms with E-state index in [2.05, 4.69) is 4.74 Å². The van der Waals surface area contributed by atoms with E-state index in [1.54, 1.807) is 30.3 Å². The zero-order valence-electron chi connectivity index (χ0n) is 11.9. The first-order chi connectivity index (χ1) is 10.7. The molecule has 126 valence electrons.